The number of anilines is 1. The molecule has 0 fully saturated rings. The van der Waals surface area contributed by atoms with Gasteiger partial charge in [0, 0.05) is 22.6 Å². The van der Waals surface area contributed by atoms with E-state index in [-0.39, 0.29) is 0 Å². The van der Waals surface area contributed by atoms with E-state index < -0.39 is 0 Å². The van der Waals surface area contributed by atoms with Gasteiger partial charge in [0.1, 0.15) is 23.9 Å². The summed E-state index contributed by atoms with van der Waals surface area (Å²) >= 11 is 6.08. The maximum absolute atomic E-state index is 9.89. The molecule has 1 aromatic heterocycles. The lowest BCUT2D eigenvalue weighted by atomic mass is 9.88. The van der Waals surface area contributed by atoms with Gasteiger partial charge in [-0.1, -0.05) is 42.6 Å². The molecule has 0 atom stereocenters. The summed E-state index contributed by atoms with van der Waals surface area (Å²) < 4.78 is 11.6. The monoisotopic (exact) mass is 448 g/mol. The smallest absolute Gasteiger partial charge is 0.289 e. The third kappa shape index (κ3) is 4.66. The van der Waals surface area contributed by atoms with Gasteiger partial charge in [-0.2, -0.15) is 5.26 Å². The molecule has 0 aliphatic heterocycles. The summed E-state index contributed by atoms with van der Waals surface area (Å²) in [7, 11) is 1.62. The Bertz CT molecular complexity index is 1170. The van der Waals surface area contributed by atoms with Gasteiger partial charge in [0.05, 0.1) is 7.11 Å². The fourth-order valence-electron chi connectivity index (χ4n) is 4.35. The van der Waals surface area contributed by atoms with Crippen LogP contribution in [0.4, 0.5) is 5.82 Å². The van der Waals surface area contributed by atoms with Crippen LogP contribution in [0.15, 0.2) is 42.5 Å². The molecule has 0 spiro atoms. The molecule has 6 heteroatoms. The van der Waals surface area contributed by atoms with Gasteiger partial charge in [-0.25, -0.2) is 4.98 Å². The van der Waals surface area contributed by atoms with E-state index >= 15 is 0 Å². The van der Waals surface area contributed by atoms with Gasteiger partial charge in [-0.05, 0) is 54.7 Å². The Morgan fingerprint density at radius 3 is 2.62 bits per heavy atom. The van der Waals surface area contributed by atoms with Crippen LogP contribution in [-0.2, 0) is 19.4 Å². The van der Waals surface area contributed by atoms with Crippen molar-refractivity contribution in [3.05, 3.63) is 69.9 Å². The van der Waals surface area contributed by atoms with E-state index in [1.165, 1.54) is 18.4 Å². The van der Waals surface area contributed by atoms with Crippen molar-refractivity contribution < 1.29 is 14.5 Å². The minimum Gasteiger partial charge on any atom is -0.493 e. The summed E-state index contributed by atoms with van der Waals surface area (Å²) in [6, 6.07) is 15.7. The predicted molar refractivity (Wildman–Crippen MR) is 126 cm³/mol. The first-order valence-corrected chi connectivity index (χ1v) is 11.3. The second-order valence-electron chi connectivity index (χ2n) is 8.06. The number of nitrogens with one attached hydrogen (secondary N) is 1. The highest BCUT2D eigenvalue weighted by molar-refractivity contribution is 6.30. The number of hydrogen-bond donors (Lipinski definition) is 1. The highest BCUT2D eigenvalue weighted by Gasteiger charge is 2.24. The molecule has 32 heavy (non-hydrogen) atoms. The number of hydrogen-bond acceptors (Lipinski definition) is 4. The molecule has 3 N–H and O–H groups in total. The van der Waals surface area contributed by atoms with Crippen LogP contribution in [0.25, 0.3) is 11.1 Å². The average molecular weight is 449 g/mol. The van der Waals surface area contributed by atoms with E-state index in [0.29, 0.717) is 34.5 Å². The molecule has 1 aliphatic rings. The van der Waals surface area contributed by atoms with Crippen LogP contribution in [0.2, 0.25) is 5.02 Å². The number of nitrogens with zero attached hydrogens (tertiary/aromatic N) is 1. The molecule has 0 amide bonds. The number of H-pyrrole nitrogens is 1. The minimum absolute atomic E-state index is 0.377. The summed E-state index contributed by atoms with van der Waals surface area (Å²) in [6.45, 7) is 0.377. The summed E-state index contributed by atoms with van der Waals surface area (Å²) in [5.74, 6) is 1.66. The van der Waals surface area contributed by atoms with E-state index in [0.717, 1.165) is 48.1 Å². The largest absolute Gasteiger partial charge is 0.493 e. The molecule has 0 saturated heterocycles. The lowest BCUT2D eigenvalue weighted by molar-refractivity contribution is -0.374. The number of nitrogen functional groups attached to an aromatic ring is 1. The first-order chi connectivity index (χ1) is 15.6. The zero-order valence-corrected chi connectivity index (χ0v) is 19.0. The highest BCUT2D eigenvalue weighted by atomic mass is 35.5. The van der Waals surface area contributed by atoms with Crippen LogP contribution in [0.3, 0.4) is 0 Å². The standard InChI is InChI=1S/C26H26ClN3O2/c1-31-24-14-18(11-12-23(24)32-16-17-7-6-8-19(27)13-17)25-20-9-4-2-3-5-10-22(20)30-26(29)21(25)15-28/h6-8,11-14H,2-5,9-10,16H2,1H3,(H2,29,30)/p+1. The lowest BCUT2D eigenvalue weighted by Gasteiger charge is -2.18. The van der Waals surface area contributed by atoms with Gasteiger partial charge in [0.15, 0.2) is 11.5 Å². The number of methoxy groups -OCH3 is 1. The predicted octanol–water partition coefficient (Wildman–Crippen LogP) is 5.52. The molecule has 0 unspecified atom stereocenters. The van der Waals surface area contributed by atoms with Gasteiger partial charge in [0.2, 0.25) is 0 Å². The second kappa shape index (κ2) is 9.93. The third-order valence-corrected chi connectivity index (χ3v) is 6.16. The van der Waals surface area contributed by atoms with Gasteiger partial charge in [0.25, 0.3) is 5.82 Å². The number of pyridine rings is 1. The number of aryl methyl sites for hydroxylation is 1. The van der Waals surface area contributed by atoms with E-state index in [1.807, 2.05) is 42.5 Å². The zero-order chi connectivity index (χ0) is 22.5. The van der Waals surface area contributed by atoms with Gasteiger partial charge < -0.3 is 9.47 Å². The Morgan fingerprint density at radius 2 is 1.88 bits per heavy atom. The van der Waals surface area contributed by atoms with Crippen molar-refractivity contribution >= 4 is 17.4 Å². The molecule has 164 valence electrons. The number of fused-ring (bicyclic) bond motifs is 1. The number of nitriles is 1. The molecule has 3 aromatic rings. The fourth-order valence-corrected chi connectivity index (χ4v) is 4.56. The number of rotatable bonds is 5. The minimum atomic E-state index is 0.377. The zero-order valence-electron chi connectivity index (χ0n) is 18.2. The number of aromatic nitrogens is 1. The Labute approximate surface area is 193 Å². The van der Waals surface area contributed by atoms with Crippen LogP contribution in [-0.4, -0.2) is 7.11 Å². The molecule has 0 radical (unpaired) electrons. The summed E-state index contributed by atoms with van der Waals surface area (Å²) in [6.07, 6.45) is 6.50. The van der Waals surface area contributed by atoms with Crippen molar-refractivity contribution in [3.8, 4) is 28.7 Å². The normalized spacial score (nSPS) is 13.4. The molecule has 0 bridgehead atoms. The number of ether oxygens (including phenoxy) is 2. The quantitative estimate of drug-likeness (QED) is 0.556. The molecule has 5 nitrogen and oxygen atoms in total. The Morgan fingerprint density at radius 1 is 1.06 bits per heavy atom. The number of nitrogens with two attached hydrogens (primary N) is 1. The molecule has 1 heterocycles. The van der Waals surface area contributed by atoms with Gasteiger partial charge >= 0.3 is 0 Å². The number of aromatic amines is 1. The summed E-state index contributed by atoms with van der Waals surface area (Å²) in [5, 5.41) is 10.6. The Balaban J connectivity index is 1.73. The van der Waals surface area contributed by atoms with E-state index in [1.54, 1.807) is 7.11 Å². The van der Waals surface area contributed by atoms with Gasteiger partial charge in [-0.3, -0.25) is 5.73 Å². The average Bonchev–Trinajstić information content (AvgIpc) is 2.78. The van der Waals surface area contributed by atoms with Crippen molar-refractivity contribution in [2.75, 3.05) is 12.8 Å². The van der Waals surface area contributed by atoms with Crippen molar-refractivity contribution in [3.63, 3.8) is 0 Å². The first kappa shape index (κ1) is 22.0. The van der Waals surface area contributed by atoms with Crippen LogP contribution in [0.1, 0.15) is 48.1 Å². The molecule has 0 saturated carbocycles. The van der Waals surface area contributed by atoms with Crippen molar-refractivity contribution in [2.24, 2.45) is 0 Å². The van der Waals surface area contributed by atoms with Crippen LogP contribution >= 0.6 is 11.6 Å². The lowest BCUT2D eigenvalue weighted by Crippen LogP contribution is -2.23. The number of halogens is 1. The highest BCUT2D eigenvalue weighted by Crippen LogP contribution is 2.38. The molecule has 2 aromatic carbocycles. The molecular formula is C26H27ClN3O2+. The van der Waals surface area contributed by atoms with Crippen molar-refractivity contribution in [2.45, 2.75) is 45.1 Å². The third-order valence-electron chi connectivity index (χ3n) is 5.92. The first-order valence-electron chi connectivity index (χ1n) is 10.9. The van der Waals surface area contributed by atoms with E-state index in [9.17, 15) is 5.26 Å². The SMILES string of the molecule is COc1cc(-c2c(C#N)c(N)[nH+]c3c2CCCCCC3)ccc1OCc1cccc(Cl)c1. The number of benzene rings is 2. The maximum Gasteiger partial charge on any atom is 0.289 e. The van der Waals surface area contributed by atoms with Crippen LogP contribution in [0.5, 0.6) is 11.5 Å². The van der Waals surface area contributed by atoms with Gasteiger partial charge in [-0.15, -0.1) is 0 Å². The second-order valence-corrected chi connectivity index (χ2v) is 8.49. The van der Waals surface area contributed by atoms with Crippen LogP contribution in [0, 0.1) is 11.3 Å². The molecular weight excluding hydrogens is 422 g/mol. The topological polar surface area (TPSA) is 82.4 Å². The summed E-state index contributed by atoms with van der Waals surface area (Å²) in [4.78, 5) is 3.30. The Hall–Kier alpha value is -3.23. The van der Waals surface area contributed by atoms with Crippen LogP contribution < -0.4 is 20.2 Å². The van der Waals surface area contributed by atoms with E-state index in [4.69, 9.17) is 26.8 Å². The maximum atomic E-state index is 9.89. The molecule has 4 rings (SSSR count). The van der Waals surface area contributed by atoms with Crippen molar-refractivity contribution in [1.29, 1.82) is 5.26 Å². The van der Waals surface area contributed by atoms with E-state index in [2.05, 4.69) is 11.1 Å². The molecule has 1 aliphatic carbocycles. The Kier molecular flexibility index (Phi) is 6.82. The van der Waals surface area contributed by atoms with Crippen molar-refractivity contribution in [1.82, 2.24) is 0 Å². The summed E-state index contributed by atoms with van der Waals surface area (Å²) in [5.41, 5.74) is 11.9. The fraction of sp³-hybridized carbons (Fsp3) is 0.308.